The lowest BCUT2D eigenvalue weighted by Gasteiger charge is -1.85. The van der Waals surface area contributed by atoms with Crippen molar-refractivity contribution in [3.8, 4) is 0 Å². The van der Waals surface area contributed by atoms with Crippen molar-refractivity contribution >= 4 is 0 Å². The lowest BCUT2D eigenvalue weighted by atomic mass is 10.2. The molecular formula is C8H12. The molecule has 0 radical (unpaired) electrons. The van der Waals surface area contributed by atoms with E-state index in [1.165, 1.54) is 5.57 Å². The molecule has 0 aliphatic carbocycles. The van der Waals surface area contributed by atoms with Gasteiger partial charge < -0.3 is 0 Å². The van der Waals surface area contributed by atoms with Crippen molar-refractivity contribution in [1.82, 2.24) is 0 Å². The lowest BCUT2D eigenvalue weighted by Crippen LogP contribution is -1.64. The topological polar surface area (TPSA) is 0 Å². The fraction of sp³-hybridized carbons (Fsp3) is 0.250. The minimum atomic E-state index is 0.964. The summed E-state index contributed by atoms with van der Waals surface area (Å²) in [6.45, 7) is 9.29. The Hall–Kier alpha value is -0.780. The monoisotopic (exact) mass is 108 g/mol. The third-order valence-electron chi connectivity index (χ3n) is 0.738. The van der Waals surface area contributed by atoms with E-state index in [9.17, 15) is 0 Å². The second kappa shape index (κ2) is 4.38. The van der Waals surface area contributed by atoms with Gasteiger partial charge in [0, 0.05) is 0 Å². The fourth-order valence-corrected chi connectivity index (χ4v) is 0.365. The van der Waals surface area contributed by atoms with Crippen LogP contribution in [0.1, 0.15) is 13.3 Å². The normalized spacial score (nSPS) is 9.62. The van der Waals surface area contributed by atoms with Crippen LogP contribution in [0.4, 0.5) is 0 Å². The van der Waals surface area contributed by atoms with E-state index in [2.05, 4.69) is 13.2 Å². The van der Waals surface area contributed by atoms with E-state index in [1.807, 2.05) is 19.1 Å². The van der Waals surface area contributed by atoms with Crippen LogP contribution in [0.3, 0.4) is 0 Å². The van der Waals surface area contributed by atoms with Gasteiger partial charge in [-0.3, -0.25) is 0 Å². The predicted octanol–water partition coefficient (Wildman–Crippen LogP) is 2.69. The van der Waals surface area contributed by atoms with E-state index in [0.29, 0.717) is 0 Å². The lowest BCUT2D eigenvalue weighted by molar-refractivity contribution is 1.23. The van der Waals surface area contributed by atoms with Crippen LogP contribution in [0.25, 0.3) is 0 Å². The molecule has 0 aromatic rings. The largest absolute Gasteiger partial charge is 0.0998 e. The summed E-state index contributed by atoms with van der Waals surface area (Å²) >= 11 is 0. The van der Waals surface area contributed by atoms with E-state index in [1.54, 1.807) is 6.08 Å². The Morgan fingerprint density at radius 2 is 2.25 bits per heavy atom. The number of allylic oxidation sites excluding steroid dienone is 4. The van der Waals surface area contributed by atoms with Gasteiger partial charge in [-0.2, -0.15) is 0 Å². The van der Waals surface area contributed by atoms with E-state index in [4.69, 9.17) is 0 Å². The predicted molar refractivity (Wildman–Crippen MR) is 38.8 cm³/mol. The molecule has 0 heteroatoms. The zero-order chi connectivity index (χ0) is 6.41. The maximum Gasteiger partial charge on any atom is -0.0141 e. The molecule has 0 fully saturated rings. The number of hydrogen-bond donors (Lipinski definition) is 0. The standard InChI is InChI=1S/C8H12/c1-4-5-6-7-8(2)3/h4-6H,1-2,7H2,3H3/b6-5+. The average molecular weight is 108 g/mol. The summed E-state index contributed by atoms with van der Waals surface area (Å²) < 4.78 is 0. The van der Waals surface area contributed by atoms with Crippen LogP contribution in [0, 0.1) is 0 Å². The minimum absolute atomic E-state index is 0.964. The first kappa shape index (κ1) is 7.22. The Bertz CT molecular complexity index is 107. The molecule has 0 atom stereocenters. The van der Waals surface area contributed by atoms with Crippen molar-refractivity contribution in [2.45, 2.75) is 13.3 Å². The van der Waals surface area contributed by atoms with Crippen molar-refractivity contribution in [1.29, 1.82) is 0 Å². The van der Waals surface area contributed by atoms with E-state index in [0.717, 1.165) is 6.42 Å². The first-order chi connectivity index (χ1) is 3.77. The van der Waals surface area contributed by atoms with Crippen molar-refractivity contribution in [3.63, 3.8) is 0 Å². The highest BCUT2D eigenvalue weighted by Gasteiger charge is 1.74. The molecule has 0 unspecified atom stereocenters. The summed E-state index contributed by atoms with van der Waals surface area (Å²) in [7, 11) is 0. The Labute approximate surface area is 51.2 Å². The van der Waals surface area contributed by atoms with Gasteiger partial charge >= 0.3 is 0 Å². The average Bonchev–Trinajstić information content (AvgIpc) is 1.66. The molecule has 0 saturated carbocycles. The van der Waals surface area contributed by atoms with Gasteiger partial charge in [-0.1, -0.05) is 37.0 Å². The molecule has 0 aliphatic heterocycles. The summed E-state index contributed by atoms with van der Waals surface area (Å²) in [4.78, 5) is 0. The number of rotatable bonds is 3. The van der Waals surface area contributed by atoms with Crippen LogP contribution >= 0.6 is 0 Å². The summed E-state index contributed by atoms with van der Waals surface area (Å²) in [5, 5.41) is 0. The van der Waals surface area contributed by atoms with Gasteiger partial charge in [-0.25, -0.2) is 0 Å². The van der Waals surface area contributed by atoms with Crippen LogP contribution in [-0.4, -0.2) is 0 Å². The van der Waals surface area contributed by atoms with Gasteiger partial charge in [0.25, 0.3) is 0 Å². The molecule has 8 heavy (non-hydrogen) atoms. The molecule has 0 bridgehead atoms. The molecule has 0 rings (SSSR count). The van der Waals surface area contributed by atoms with Gasteiger partial charge in [0.1, 0.15) is 0 Å². The quantitative estimate of drug-likeness (QED) is 0.385. The highest BCUT2D eigenvalue weighted by atomic mass is 13.8. The minimum Gasteiger partial charge on any atom is -0.0998 e. The molecule has 0 spiro atoms. The third kappa shape index (κ3) is 5.22. The van der Waals surface area contributed by atoms with Crippen molar-refractivity contribution in [2.75, 3.05) is 0 Å². The highest BCUT2D eigenvalue weighted by Crippen LogP contribution is 1.95. The van der Waals surface area contributed by atoms with Crippen LogP contribution in [0.5, 0.6) is 0 Å². The Morgan fingerprint density at radius 3 is 2.62 bits per heavy atom. The molecule has 0 saturated heterocycles. The zero-order valence-corrected chi connectivity index (χ0v) is 5.35. The summed E-state index contributed by atoms with van der Waals surface area (Å²) in [5.74, 6) is 0. The number of hydrogen-bond acceptors (Lipinski definition) is 0. The molecule has 0 amide bonds. The van der Waals surface area contributed by atoms with Crippen molar-refractivity contribution in [3.05, 3.63) is 37.0 Å². The van der Waals surface area contributed by atoms with Gasteiger partial charge in [0.2, 0.25) is 0 Å². The molecule has 0 aromatic heterocycles. The summed E-state index contributed by atoms with van der Waals surface area (Å²) in [6.07, 6.45) is 6.69. The van der Waals surface area contributed by atoms with E-state index >= 15 is 0 Å². The molecule has 0 nitrogen and oxygen atoms in total. The van der Waals surface area contributed by atoms with E-state index < -0.39 is 0 Å². The SMILES string of the molecule is C=C/C=C/CC(=C)C. The first-order valence-corrected chi connectivity index (χ1v) is 2.69. The third-order valence-corrected chi connectivity index (χ3v) is 0.738. The molecule has 0 heterocycles. The van der Waals surface area contributed by atoms with Crippen LogP contribution in [0.2, 0.25) is 0 Å². The second-order valence-corrected chi connectivity index (χ2v) is 1.83. The highest BCUT2D eigenvalue weighted by molar-refractivity contribution is 5.04. The maximum absolute atomic E-state index is 3.74. The van der Waals surface area contributed by atoms with Crippen molar-refractivity contribution in [2.24, 2.45) is 0 Å². The molecule has 0 N–H and O–H groups in total. The summed E-state index contributed by atoms with van der Waals surface area (Å²) in [6, 6.07) is 0. The van der Waals surface area contributed by atoms with Crippen molar-refractivity contribution < 1.29 is 0 Å². The van der Waals surface area contributed by atoms with Gasteiger partial charge in [-0.05, 0) is 13.3 Å². The molecular weight excluding hydrogens is 96.1 g/mol. The Morgan fingerprint density at radius 1 is 1.62 bits per heavy atom. The summed E-state index contributed by atoms with van der Waals surface area (Å²) in [5.41, 5.74) is 1.18. The Balaban J connectivity index is 3.29. The fourth-order valence-electron chi connectivity index (χ4n) is 0.365. The zero-order valence-electron chi connectivity index (χ0n) is 5.35. The van der Waals surface area contributed by atoms with Gasteiger partial charge in [-0.15, -0.1) is 0 Å². The Kier molecular flexibility index (Phi) is 3.95. The van der Waals surface area contributed by atoms with E-state index in [-0.39, 0.29) is 0 Å². The first-order valence-electron chi connectivity index (χ1n) is 2.69. The second-order valence-electron chi connectivity index (χ2n) is 1.83. The van der Waals surface area contributed by atoms with Gasteiger partial charge in [0.15, 0.2) is 0 Å². The molecule has 44 valence electrons. The smallest absolute Gasteiger partial charge is 0.0141 e. The van der Waals surface area contributed by atoms with Crippen LogP contribution in [-0.2, 0) is 0 Å². The van der Waals surface area contributed by atoms with Crippen LogP contribution in [0.15, 0.2) is 37.0 Å². The van der Waals surface area contributed by atoms with Crippen LogP contribution < -0.4 is 0 Å². The molecule has 0 aliphatic rings. The maximum atomic E-state index is 3.74. The molecule has 0 aromatic carbocycles. The van der Waals surface area contributed by atoms with Gasteiger partial charge in [0.05, 0.1) is 0 Å².